The predicted octanol–water partition coefficient (Wildman–Crippen LogP) is 2.33. The van der Waals surface area contributed by atoms with E-state index in [0.29, 0.717) is 0 Å². The smallest absolute Gasteiger partial charge is 0.165 e. The normalized spacial score (nSPS) is 12.2. The van der Waals surface area contributed by atoms with Gasteiger partial charge in [0.25, 0.3) is 0 Å². The molecule has 0 aliphatic carbocycles. The highest BCUT2D eigenvalue weighted by molar-refractivity contribution is 5.48. The van der Waals surface area contributed by atoms with Crippen LogP contribution in [0, 0.1) is 0 Å². The first-order valence-electron chi connectivity index (χ1n) is 7.05. The number of nitrogens with zero attached hydrogens (tertiary/aromatic N) is 2. The average Bonchev–Trinajstić information content (AvgIpc) is 2.93. The molecule has 0 saturated carbocycles. The van der Waals surface area contributed by atoms with E-state index in [-0.39, 0.29) is 6.04 Å². The minimum Gasteiger partial charge on any atom is -0.493 e. The summed E-state index contributed by atoms with van der Waals surface area (Å²) in [6.07, 6.45) is 5.89. The molecule has 0 radical (unpaired) electrons. The van der Waals surface area contributed by atoms with Crippen LogP contribution >= 0.6 is 0 Å². The molecule has 0 aliphatic rings. The van der Waals surface area contributed by atoms with Crippen LogP contribution in [-0.2, 0) is 13.5 Å². The molecule has 2 rings (SSSR count). The van der Waals surface area contributed by atoms with Gasteiger partial charge in [0.2, 0.25) is 0 Å². The van der Waals surface area contributed by atoms with Crippen molar-refractivity contribution in [3.8, 4) is 11.5 Å². The Morgan fingerprint density at radius 1 is 1.29 bits per heavy atom. The number of hydrogen-bond acceptors (Lipinski definition) is 4. The quantitative estimate of drug-likeness (QED) is 0.850. The van der Waals surface area contributed by atoms with Crippen molar-refractivity contribution in [3.63, 3.8) is 0 Å². The van der Waals surface area contributed by atoms with Crippen molar-refractivity contribution in [2.75, 3.05) is 21.3 Å². The van der Waals surface area contributed by atoms with Crippen LogP contribution in [-0.4, -0.2) is 31.0 Å². The van der Waals surface area contributed by atoms with Gasteiger partial charge in [-0.05, 0) is 31.5 Å². The van der Waals surface area contributed by atoms with Crippen LogP contribution in [0.4, 0.5) is 0 Å². The number of benzene rings is 1. The summed E-state index contributed by atoms with van der Waals surface area (Å²) in [5.41, 5.74) is 2.35. The zero-order valence-corrected chi connectivity index (χ0v) is 13.1. The number of para-hydroxylation sites is 1. The van der Waals surface area contributed by atoms with E-state index in [1.165, 1.54) is 5.56 Å². The summed E-state index contributed by atoms with van der Waals surface area (Å²) in [5.74, 6) is 1.56. The molecule has 1 atom stereocenters. The Hall–Kier alpha value is -2.01. The molecule has 0 amide bonds. The summed E-state index contributed by atoms with van der Waals surface area (Å²) in [7, 11) is 7.23. The van der Waals surface area contributed by atoms with E-state index >= 15 is 0 Å². The first-order valence-corrected chi connectivity index (χ1v) is 7.05. The molecule has 1 N–H and O–H groups in total. The fraction of sp³-hybridized carbons (Fsp3) is 0.438. The van der Waals surface area contributed by atoms with Gasteiger partial charge in [0.15, 0.2) is 11.5 Å². The third-order valence-electron chi connectivity index (χ3n) is 3.64. The van der Waals surface area contributed by atoms with E-state index in [4.69, 9.17) is 9.47 Å². The Bertz CT molecular complexity index is 581. The molecule has 0 bridgehead atoms. The van der Waals surface area contributed by atoms with Crippen LogP contribution in [0.1, 0.15) is 23.6 Å². The zero-order valence-electron chi connectivity index (χ0n) is 13.1. The van der Waals surface area contributed by atoms with Gasteiger partial charge in [-0.2, -0.15) is 5.10 Å². The van der Waals surface area contributed by atoms with Crippen molar-refractivity contribution < 1.29 is 9.47 Å². The fourth-order valence-corrected chi connectivity index (χ4v) is 2.55. The van der Waals surface area contributed by atoms with E-state index in [2.05, 4.69) is 22.7 Å². The van der Waals surface area contributed by atoms with E-state index < -0.39 is 0 Å². The van der Waals surface area contributed by atoms with Crippen LogP contribution < -0.4 is 14.8 Å². The molecule has 0 spiro atoms. The first kappa shape index (κ1) is 15.4. The van der Waals surface area contributed by atoms with Gasteiger partial charge in [0, 0.05) is 24.8 Å². The van der Waals surface area contributed by atoms with Crippen molar-refractivity contribution in [2.45, 2.75) is 18.9 Å². The van der Waals surface area contributed by atoms with Crippen LogP contribution in [0.15, 0.2) is 30.6 Å². The van der Waals surface area contributed by atoms with Gasteiger partial charge in [-0.15, -0.1) is 0 Å². The van der Waals surface area contributed by atoms with Crippen LogP contribution in [0.5, 0.6) is 11.5 Å². The summed E-state index contributed by atoms with van der Waals surface area (Å²) in [6.45, 7) is 0. The Balaban J connectivity index is 2.17. The van der Waals surface area contributed by atoms with Gasteiger partial charge in [0.05, 0.1) is 20.4 Å². The van der Waals surface area contributed by atoms with Gasteiger partial charge >= 0.3 is 0 Å². The maximum absolute atomic E-state index is 5.52. The SMILES string of the molecule is CNC(CCc1cnn(C)c1)c1cccc(OC)c1OC. The highest BCUT2D eigenvalue weighted by Crippen LogP contribution is 2.35. The lowest BCUT2D eigenvalue weighted by Crippen LogP contribution is -2.18. The molecule has 114 valence electrons. The highest BCUT2D eigenvalue weighted by Gasteiger charge is 2.17. The van der Waals surface area contributed by atoms with E-state index in [0.717, 1.165) is 29.9 Å². The number of hydrogen-bond donors (Lipinski definition) is 1. The van der Waals surface area contributed by atoms with E-state index in [9.17, 15) is 0 Å². The molecule has 0 saturated heterocycles. The van der Waals surface area contributed by atoms with Crippen molar-refractivity contribution >= 4 is 0 Å². The largest absolute Gasteiger partial charge is 0.493 e. The summed E-state index contributed by atoms with van der Waals surface area (Å²) in [6, 6.07) is 6.18. The predicted molar refractivity (Wildman–Crippen MR) is 82.9 cm³/mol. The number of methoxy groups -OCH3 is 2. The molecule has 5 heteroatoms. The third kappa shape index (κ3) is 3.55. The van der Waals surface area contributed by atoms with Gasteiger partial charge in [0.1, 0.15) is 0 Å². The maximum atomic E-state index is 5.52. The van der Waals surface area contributed by atoms with Crippen molar-refractivity contribution in [1.82, 2.24) is 15.1 Å². The molecule has 0 fully saturated rings. The molecule has 2 aromatic rings. The lowest BCUT2D eigenvalue weighted by atomic mass is 9.99. The van der Waals surface area contributed by atoms with Gasteiger partial charge in [-0.25, -0.2) is 0 Å². The molecule has 1 aromatic heterocycles. The maximum Gasteiger partial charge on any atom is 0.165 e. The number of rotatable bonds is 7. The molecule has 1 unspecified atom stereocenters. The fourth-order valence-electron chi connectivity index (χ4n) is 2.55. The topological polar surface area (TPSA) is 48.3 Å². The Kier molecular flexibility index (Phi) is 5.22. The molecular formula is C16H23N3O2. The molecule has 0 aliphatic heterocycles. The van der Waals surface area contributed by atoms with Crippen LogP contribution in [0.2, 0.25) is 0 Å². The average molecular weight is 289 g/mol. The van der Waals surface area contributed by atoms with Gasteiger partial charge in [-0.1, -0.05) is 12.1 Å². The monoisotopic (exact) mass is 289 g/mol. The minimum atomic E-state index is 0.204. The lowest BCUT2D eigenvalue weighted by molar-refractivity contribution is 0.346. The molecular weight excluding hydrogens is 266 g/mol. The van der Waals surface area contributed by atoms with Crippen LogP contribution in [0.25, 0.3) is 0 Å². The number of aryl methyl sites for hydroxylation is 2. The Labute approximate surface area is 125 Å². The van der Waals surface area contributed by atoms with Crippen molar-refractivity contribution in [3.05, 3.63) is 41.7 Å². The molecule has 5 nitrogen and oxygen atoms in total. The second-order valence-corrected chi connectivity index (χ2v) is 4.98. The number of nitrogens with one attached hydrogen (secondary N) is 1. The van der Waals surface area contributed by atoms with Crippen molar-refractivity contribution in [1.29, 1.82) is 0 Å². The summed E-state index contributed by atoms with van der Waals surface area (Å²) in [5, 5.41) is 7.56. The van der Waals surface area contributed by atoms with Gasteiger partial charge in [-0.3, -0.25) is 4.68 Å². The number of aromatic nitrogens is 2. The van der Waals surface area contributed by atoms with Gasteiger partial charge < -0.3 is 14.8 Å². The Morgan fingerprint density at radius 2 is 2.10 bits per heavy atom. The van der Waals surface area contributed by atoms with E-state index in [1.54, 1.807) is 14.2 Å². The van der Waals surface area contributed by atoms with E-state index in [1.807, 2.05) is 37.1 Å². The summed E-state index contributed by atoms with van der Waals surface area (Å²) >= 11 is 0. The Morgan fingerprint density at radius 3 is 2.67 bits per heavy atom. The first-order chi connectivity index (χ1) is 10.2. The number of ether oxygens (including phenoxy) is 2. The van der Waals surface area contributed by atoms with Crippen LogP contribution in [0.3, 0.4) is 0 Å². The lowest BCUT2D eigenvalue weighted by Gasteiger charge is -2.20. The summed E-state index contributed by atoms with van der Waals surface area (Å²) < 4.78 is 12.7. The standard InChI is InChI=1S/C16H23N3O2/c1-17-14(9-8-12-10-18-19(2)11-12)13-6-5-7-15(20-3)16(13)21-4/h5-7,10-11,14,17H,8-9H2,1-4H3. The third-order valence-corrected chi connectivity index (χ3v) is 3.64. The summed E-state index contributed by atoms with van der Waals surface area (Å²) in [4.78, 5) is 0. The zero-order chi connectivity index (χ0) is 15.2. The highest BCUT2D eigenvalue weighted by atomic mass is 16.5. The second kappa shape index (κ2) is 7.13. The minimum absolute atomic E-state index is 0.204. The molecule has 1 aromatic carbocycles. The molecule has 21 heavy (non-hydrogen) atoms. The molecule has 1 heterocycles. The second-order valence-electron chi connectivity index (χ2n) is 4.98. The van der Waals surface area contributed by atoms with Crippen molar-refractivity contribution in [2.24, 2.45) is 7.05 Å².